The van der Waals surface area contributed by atoms with Crippen LogP contribution in [0.15, 0.2) is 36.4 Å². The van der Waals surface area contributed by atoms with Crippen molar-refractivity contribution < 1.29 is 8.78 Å². The molecule has 21 heavy (non-hydrogen) atoms. The summed E-state index contributed by atoms with van der Waals surface area (Å²) < 4.78 is 28.5. The molecule has 2 aromatic rings. The summed E-state index contributed by atoms with van der Waals surface area (Å²) >= 11 is 0. The van der Waals surface area contributed by atoms with E-state index < -0.39 is 11.6 Å². The van der Waals surface area contributed by atoms with E-state index in [1.54, 1.807) is 6.92 Å². The Labute approximate surface area is 125 Å². The molecule has 0 amide bonds. The zero-order chi connectivity index (χ0) is 15.4. The number of hydrogen-bond acceptors (Lipinski definition) is 1. The van der Waals surface area contributed by atoms with Crippen LogP contribution < -0.4 is 5.32 Å². The number of rotatable bonds is 5. The van der Waals surface area contributed by atoms with Gasteiger partial charge in [0.15, 0.2) is 0 Å². The molecule has 1 atom stereocenters. The molecule has 0 fully saturated rings. The van der Waals surface area contributed by atoms with Gasteiger partial charge in [-0.1, -0.05) is 37.3 Å². The summed E-state index contributed by atoms with van der Waals surface area (Å²) in [6, 6.07) is 10.4. The first-order chi connectivity index (χ1) is 10.0. The molecule has 2 aromatic carbocycles. The maximum Gasteiger partial charge on any atom is 0.133 e. The smallest absolute Gasteiger partial charge is 0.133 e. The van der Waals surface area contributed by atoms with E-state index in [1.807, 2.05) is 38.1 Å². The van der Waals surface area contributed by atoms with Crippen molar-refractivity contribution in [3.05, 3.63) is 70.3 Å². The third-order valence-electron chi connectivity index (χ3n) is 3.80. The Balaban J connectivity index is 2.40. The Morgan fingerprint density at radius 2 is 1.71 bits per heavy atom. The fraction of sp³-hybridized carbons (Fsp3) is 0.333. The standard InChI is InChI=1S/C18H21F2N/c1-4-21-16(11-14-8-6-5-7-12(14)2)17-15(19)10-9-13(3)18(17)20/h5-10,16,21H,4,11H2,1-3H3. The maximum absolute atomic E-state index is 14.4. The number of aryl methyl sites for hydroxylation is 2. The minimum Gasteiger partial charge on any atom is -0.310 e. The van der Waals surface area contributed by atoms with Gasteiger partial charge in [0.1, 0.15) is 11.6 Å². The highest BCUT2D eigenvalue weighted by Crippen LogP contribution is 2.27. The molecule has 0 saturated heterocycles. The van der Waals surface area contributed by atoms with Gasteiger partial charge >= 0.3 is 0 Å². The normalized spacial score (nSPS) is 12.4. The minimum atomic E-state index is -0.488. The molecule has 2 rings (SSSR count). The highest BCUT2D eigenvalue weighted by atomic mass is 19.1. The number of benzene rings is 2. The second kappa shape index (κ2) is 6.81. The van der Waals surface area contributed by atoms with Crippen LogP contribution in [0.5, 0.6) is 0 Å². The van der Waals surface area contributed by atoms with E-state index in [1.165, 1.54) is 12.1 Å². The highest BCUT2D eigenvalue weighted by Gasteiger charge is 2.21. The van der Waals surface area contributed by atoms with Crippen molar-refractivity contribution in [3.63, 3.8) is 0 Å². The SMILES string of the molecule is CCNC(Cc1ccccc1C)c1c(F)ccc(C)c1F. The zero-order valence-electron chi connectivity index (χ0n) is 12.7. The monoisotopic (exact) mass is 289 g/mol. The van der Waals surface area contributed by atoms with Gasteiger partial charge in [0.25, 0.3) is 0 Å². The molecule has 0 heterocycles. The zero-order valence-corrected chi connectivity index (χ0v) is 12.7. The van der Waals surface area contributed by atoms with Crippen LogP contribution in [0.2, 0.25) is 0 Å². The van der Waals surface area contributed by atoms with Gasteiger partial charge in [-0.2, -0.15) is 0 Å². The lowest BCUT2D eigenvalue weighted by Crippen LogP contribution is -2.25. The second-order valence-corrected chi connectivity index (χ2v) is 5.33. The topological polar surface area (TPSA) is 12.0 Å². The third kappa shape index (κ3) is 3.48. The Morgan fingerprint density at radius 1 is 1.00 bits per heavy atom. The van der Waals surface area contributed by atoms with E-state index in [4.69, 9.17) is 0 Å². The lowest BCUT2D eigenvalue weighted by atomic mass is 9.94. The first-order valence-electron chi connectivity index (χ1n) is 7.27. The first-order valence-corrected chi connectivity index (χ1v) is 7.27. The molecule has 0 aliphatic rings. The Kier molecular flexibility index (Phi) is 5.07. The summed E-state index contributed by atoms with van der Waals surface area (Å²) in [5.74, 6) is -0.938. The van der Waals surface area contributed by atoms with Gasteiger partial charge in [0, 0.05) is 11.6 Å². The van der Waals surface area contributed by atoms with Crippen molar-refractivity contribution in [1.82, 2.24) is 5.32 Å². The highest BCUT2D eigenvalue weighted by molar-refractivity contribution is 5.33. The minimum absolute atomic E-state index is 0.139. The van der Waals surface area contributed by atoms with Crippen molar-refractivity contribution in [2.24, 2.45) is 0 Å². The van der Waals surface area contributed by atoms with Crippen molar-refractivity contribution >= 4 is 0 Å². The molecule has 0 aliphatic heterocycles. The van der Waals surface area contributed by atoms with Crippen molar-refractivity contribution in [2.75, 3.05) is 6.54 Å². The van der Waals surface area contributed by atoms with E-state index in [0.717, 1.165) is 11.1 Å². The lowest BCUT2D eigenvalue weighted by molar-refractivity contribution is 0.470. The molecular formula is C18H21F2N. The van der Waals surface area contributed by atoms with E-state index in [-0.39, 0.29) is 11.6 Å². The third-order valence-corrected chi connectivity index (χ3v) is 3.80. The van der Waals surface area contributed by atoms with Crippen LogP contribution in [-0.4, -0.2) is 6.54 Å². The molecule has 3 heteroatoms. The molecule has 0 spiro atoms. The van der Waals surface area contributed by atoms with Crippen molar-refractivity contribution in [1.29, 1.82) is 0 Å². The molecule has 0 bridgehead atoms. The van der Waals surface area contributed by atoms with Crippen LogP contribution >= 0.6 is 0 Å². The van der Waals surface area contributed by atoms with Gasteiger partial charge in [0.2, 0.25) is 0 Å². The summed E-state index contributed by atoms with van der Waals surface area (Å²) in [6.45, 7) is 6.27. The van der Waals surface area contributed by atoms with E-state index >= 15 is 0 Å². The number of hydrogen-bond donors (Lipinski definition) is 1. The van der Waals surface area contributed by atoms with E-state index in [0.29, 0.717) is 18.5 Å². The summed E-state index contributed by atoms with van der Waals surface area (Å²) in [5.41, 5.74) is 2.84. The first kappa shape index (κ1) is 15.6. The van der Waals surface area contributed by atoms with Crippen LogP contribution in [0.1, 0.15) is 35.2 Å². The van der Waals surface area contributed by atoms with Gasteiger partial charge in [-0.05, 0) is 49.6 Å². The molecule has 1 N–H and O–H groups in total. The van der Waals surface area contributed by atoms with Crippen molar-refractivity contribution in [2.45, 2.75) is 33.2 Å². The lowest BCUT2D eigenvalue weighted by Gasteiger charge is -2.21. The second-order valence-electron chi connectivity index (χ2n) is 5.33. The fourth-order valence-electron chi connectivity index (χ4n) is 2.58. The van der Waals surface area contributed by atoms with Gasteiger partial charge in [-0.15, -0.1) is 0 Å². The summed E-state index contributed by atoms with van der Waals surface area (Å²) in [4.78, 5) is 0. The number of likely N-dealkylation sites (N-methyl/N-ethyl adjacent to an activating group) is 1. The molecule has 0 radical (unpaired) electrons. The number of halogens is 2. The van der Waals surface area contributed by atoms with Gasteiger partial charge in [-0.25, -0.2) is 8.78 Å². The maximum atomic E-state index is 14.4. The van der Waals surface area contributed by atoms with Crippen LogP contribution in [0, 0.1) is 25.5 Å². The van der Waals surface area contributed by atoms with Crippen LogP contribution in [0.4, 0.5) is 8.78 Å². The number of nitrogens with one attached hydrogen (secondary N) is 1. The average molecular weight is 289 g/mol. The Bertz CT molecular complexity index is 623. The summed E-state index contributed by atoms with van der Waals surface area (Å²) in [6.07, 6.45) is 0.567. The molecule has 0 aliphatic carbocycles. The van der Waals surface area contributed by atoms with Gasteiger partial charge in [-0.3, -0.25) is 0 Å². The van der Waals surface area contributed by atoms with Crippen LogP contribution in [0.25, 0.3) is 0 Å². The molecule has 0 aromatic heterocycles. The molecule has 0 saturated carbocycles. The molecule has 1 unspecified atom stereocenters. The largest absolute Gasteiger partial charge is 0.310 e. The molecule has 1 nitrogen and oxygen atoms in total. The average Bonchev–Trinajstić information content (AvgIpc) is 2.46. The van der Waals surface area contributed by atoms with E-state index in [9.17, 15) is 8.78 Å². The summed E-state index contributed by atoms with van der Waals surface area (Å²) in [5, 5.41) is 3.20. The predicted molar refractivity (Wildman–Crippen MR) is 82.4 cm³/mol. The Morgan fingerprint density at radius 3 is 2.38 bits per heavy atom. The quantitative estimate of drug-likeness (QED) is 0.856. The Hall–Kier alpha value is -1.74. The van der Waals surface area contributed by atoms with Gasteiger partial charge < -0.3 is 5.32 Å². The fourth-order valence-corrected chi connectivity index (χ4v) is 2.58. The van der Waals surface area contributed by atoms with Gasteiger partial charge in [0.05, 0.1) is 0 Å². The van der Waals surface area contributed by atoms with E-state index in [2.05, 4.69) is 5.32 Å². The molecular weight excluding hydrogens is 268 g/mol. The van der Waals surface area contributed by atoms with Crippen LogP contribution in [0.3, 0.4) is 0 Å². The van der Waals surface area contributed by atoms with Crippen molar-refractivity contribution in [3.8, 4) is 0 Å². The predicted octanol–water partition coefficient (Wildman–Crippen LogP) is 4.47. The van der Waals surface area contributed by atoms with Crippen LogP contribution in [-0.2, 0) is 6.42 Å². The summed E-state index contributed by atoms with van der Waals surface area (Å²) in [7, 11) is 0. The molecule has 112 valence electrons.